The lowest BCUT2D eigenvalue weighted by molar-refractivity contribution is -0.172. The maximum Gasteiger partial charge on any atom is 0.337 e. The van der Waals surface area contributed by atoms with Crippen LogP contribution in [0.15, 0.2) is 36.4 Å². The number of aliphatic carboxylic acids is 3. The van der Waals surface area contributed by atoms with Crippen LogP contribution >= 0.6 is 0 Å². The van der Waals surface area contributed by atoms with Gasteiger partial charge in [-0.2, -0.15) is 0 Å². The van der Waals surface area contributed by atoms with Gasteiger partial charge in [-0.1, -0.05) is 63.8 Å². The molecule has 0 radical (unpaired) electrons. The number of Topliss-reactive ketones (excluding diaryl/α,β-unsaturated/α-hetero) is 1. The van der Waals surface area contributed by atoms with E-state index in [0.29, 0.717) is 62.4 Å². The van der Waals surface area contributed by atoms with Crippen LogP contribution in [0.2, 0.25) is 0 Å². The molecule has 0 saturated carbocycles. The monoisotopic (exact) mass is 665 g/mol. The molecule has 0 aromatic heterocycles. The van der Waals surface area contributed by atoms with Crippen LogP contribution in [0.1, 0.15) is 103 Å². The maximum atomic E-state index is 13.3. The third kappa shape index (κ3) is 17.1. The number of amides is 1. The highest BCUT2D eigenvalue weighted by Crippen LogP contribution is 2.26. The summed E-state index contributed by atoms with van der Waals surface area (Å²) in [5, 5.41) is 42.0. The van der Waals surface area contributed by atoms with Crippen LogP contribution in [0.4, 0.5) is 4.39 Å². The Morgan fingerprint density at radius 2 is 1.49 bits per heavy atom. The van der Waals surface area contributed by atoms with Gasteiger partial charge in [0.25, 0.3) is 0 Å². The Morgan fingerprint density at radius 3 is 2.02 bits per heavy atom. The van der Waals surface area contributed by atoms with Gasteiger partial charge in [-0.05, 0) is 62.1 Å². The Labute approximate surface area is 276 Å². The minimum Gasteiger partial charge on any atom is -0.494 e. The lowest BCUT2D eigenvalue weighted by Gasteiger charge is -2.29. The highest BCUT2D eigenvalue weighted by Gasteiger charge is 2.49. The molecular formula is C35H52FNO10. The van der Waals surface area contributed by atoms with Gasteiger partial charge in [-0.3, -0.25) is 18.8 Å². The first-order valence-electron chi connectivity index (χ1n) is 16.5. The smallest absolute Gasteiger partial charge is 0.337 e. The van der Waals surface area contributed by atoms with Crippen molar-refractivity contribution >= 4 is 29.6 Å². The molecule has 3 atom stereocenters. The number of carbonyl (C=O) groups excluding carboxylic acids is 2. The highest BCUT2D eigenvalue weighted by atomic mass is 19.1. The number of ketones is 1. The SMILES string of the molecule is CC(C)CCOc1ccc(C[C@H](NC(=O)[C@@H](C=CCCCCCCC(=O)CCCCCCF)[C@@](O)(CC(=O)O)C(=O)O)C(=O)O)cc1. The first kappa shape index (κ1) is 41.2. The van der Waals surface area contributed by atoms with E-state index in [4.69, 9.17) is 4.74 Å². The van der Waals surface area contributed by atoms with Crippen molar-refractivity contribution in [3.8, 4) is 5.75 Å². The molecule has 0 fully saturated rings. The van der Waals surface area contributed by atoms with Crippen LogP contribution in [-0.4, -0.2) is 74.9 Å². The second kappa shape index (κ2) is 22.7. The average Bonchev–Trinajstić information content (AvgIpc) is 2.99. The maximum absolute atomic E-state index is 13.3. The largest absolute Gasteiger partial charge is 0.494 e. The standard InChI is InChI=1S/C35H52FNO10/c1-25(2)20-22-47-28-18-16-26(17-19-28)23-30(33(42)43)37-32(41)29(35(46,34(44)45)24-31(39)40)15-11-6-4-3-5-9-13-27(38)14-10-7-8-12-21-36/h11,15-19,25,29-30,46H,3-10,12-14,20-24H2,1-2H3,(H,37,41)(H,39,40)(H,42,43)(H,44,45)/t29-,30+,35+/m1/s1. The van der Waals surface area contributed by atoms with E-state index >= 15 is 0 Å². The summed E-state index contributed by atoms with van der Waals surface area (Å²) in [5.41, 5.74) is -2.48. The lowest BCUT2D eigenvalue weighted by Crippen LogP contribution is -2.55. The van der Waals surface area contributed by atoms with E-state index in [1.165, 1.54) is 6.08 Å². The van der Waals surface area contributed by atoms with Crippen molar-refractivity contribution in [2.45, 2.75) is 115 Å². The molecule has 1 aromatic carbocycles. The van der Waals surface area contributed by atoms with Gasteiger partial charge in [-0.25, -0.2) is 9.59 Å². The number of carboxylic acid groups (broad SMARTS) is 3. The molecule has 12 heteroatoms. The molecule has 1 rings (SSSR count). The number of nitrogens with one attached hydrogen (secondary N) is 1. The summed E-state index contributed by atoms with van der Waals surface area (Å²) in [6.45, 7) is 4.33. The van der Waals surface area contributed by atoms with E-state index in [9.17, 15) is 48.8 Å². The molecule has 11 nitrogen and oxygen atoms in total. The topological polar surface area (TPSA) is 188 Å². The molecule has 1 amide bonds. The molecule has 47 heavy (non-hydrogen) atoms. The van der Waals surface area contributed by atoms with Crippen LogP contribution in [-0.2, 0) is 30.4 Å². The number of aliphatic hydroxyl groups is 1. The van der Waals surface area contributed by atoms with Crippen LogP contribution in [0.3, 0.4) is 0 Å². The van der Waals surface area contributed by atoms with Gasteiger partial charge in [0, 0.05) is 19.3 Å². The molecule has 0 spiro atoms. The van der Waals surface area contributed by atoms with Gasteiger partial charge >= 0.3 is 17.9 Å². The number of carboxylic acids is 3. The number of ether oxygens (including phenoxy) is 1. The van der Waals surface area contributed by atoms with Crippen molar-refractivity contribution in [3.63, 3.8) is 0 Å². The fraction of sp³-hybridized carbons (Fsp3) is 0.629. The van der Waals surface area contributed by atoms with Crippen LogP contribution in [0, 0.1) is 11.8 Å². The Hall–Kier alpha value is -3.80. The van der Waals surface area contributed by atoms with Crippen LogP contribution in [0.25, 0.3) is 0 Å². The minimum atomic E-state index is -3.03. The normalized spacial score (nSPS) is 14.0. The fourth-order valence-corrected chi connectivity index (χ4v) is 4.91. The lowest BCUT2D eigenvalue weighted by atomic mass is 9.82. The third-order valence-electron chi connectivity index (χ3n) is 7.77. The van der Waals surface area contributed by atoms with E-state index in [-0.39, 0.29) is 18.9 Å². The molecule has 5 N–H and O–H groups in total. The zero-order chi connectivity index (χ0) is 35.2. The number of hydrogen-bond acceptors (Lipinski definition) is 7. The molecule has 0 heterocycles. The Balaban J connectivity index is 2.82. The Kier molecular flexibility index (Phi) is 19.9. The van der Waals surface area contributed by atoms with Crippen molar-refractivity contribution in [1.82, 2.24) is 5.32 Å². The van der Waals surface area contributed by atoms with Gasteiger partial charge < -0.3 is 30.5 Å². The van der Waals surface area contributed by atoms with Gasteiger partial charge in [0.15, 0.2) is 5.60 Å². The number of alkyl halides is 1. The summed E-state index contributed by atoms with van der Waals surface area (Å²) < 4.78 is 17.8. The summed E-state index contributed by atoms with van der Waals surface area (Å²) in [6.07, 6.45) is 9.08. The van der Waals surface area contributed by atoms with Crippen molar-refractivity contribution < 1.29 is 53.5 Å². The molecule has 0 saturated heterocycles. The summed E-state index contributed by atoms with van der Waals surface area (Å²) >= 11 is 0. The van der Waals surface area contributed by atoms with E-state index in [2.05, 4.69) is 19.2 Å². The molecule has 0 aliphatic heterocycles. The summed E-state index contributed by atoms with van der Waals surface area (Å²) in [7, 11) is 0. The van der Waals surface area contributed by atoms with Crippen molar-refractivity contribution in [2.75, 3.05) is 13.3 Å². The molecule has 0 aliphatic carbocycles. The Bertz CT molecular complexity index is 1150. The third-order valence-corrected chi connectivity index (χ3v) is 7.77. The first-order valence-corrected chi connectivity index (χ1v) is 16.5. The zero-order valence-corrected chi connectivity index (χ0v) is 27.6. The molecule has 0 bridgehead atoms. The number of benzene rings is 1. The number of allylic oxidation sites excluding steroid dienone is 1. The number of halogens is 1. The number of hydrogen-bond donors (Lipinski definition) is 5. The minimum absolute atomic E-state index is 0.157. The first-order chi connectivity index (χ1) is 22.3. The number of carbonyl (C=O) groups is 5. The van der Waals surface area contributed by atoms with Crippen LogP contribution in [0.5, 0.6) is 5.75 Å². The number of unbranched alkanes of at least 4 members (excludes halogenated alkanes) is 7. The van der Waals surface area contributed by atoms with E-state index in [1.54, 1.807) is 24.3 Å². The predicted octanol–water partition coefficient (Wildman–Crippen LogP) is 5.52. The van der Waals surface area contributed by atoms with Crippen molar-refractivity contribution in [1.29, 1.82) is 0 Å². The molecule has 0 unspecified atom stereocenters. The highest BCUT2D eigenvalue weighted by molar-refractivity contribution is 5.94. The van der Waals surface area contributed by atoms with E-state index in [1.807, 2.05) is 0 Å². The van der Waals surface area contributed by atoms with E-state index < -0.39 is 47.8 Å². The second-order valence-corrected chi connectivity index (χ2v) is 12.3. The Morgan fingerprint density at radius 1 is 0.894 bits per heavy atom. The predicted molar refractivity (Wildman–Crippen MR) is 174 cm³/mol. The summed E-state index contributed by atoms with van der Waals surface area (Å²) in [5.74, 6) is -6.77. The quantitative estimate of drug-likeness (QED) is 0.0592. The fourth-order valence-electron chi connectivity index (χ4n) is 4.91. The molecular weight excluding hydrogens is 613 g/mol. The summed E-state index contributed by atoms with van der Waals surface area (Å²) in [6, 6.07) is 5.15. The van der Waals surface area contributed by atoms with Crippen LogP contribution < -0.4 is 10.1 Å². The van der Waals surface area contributed by atoms with Gasteiger partial charge in [0.1, 0.15) is 17.6 Å². The zero-order valence-electron chi connectivity index (χ0n) is 27.6. The van der Waals surface area contributed by atoms with Crippen molar-refractivity contribution in [3.05, 3.63) is 42.0 Å². The van der Waals surface area contributed by atoms with E-state index in [0.717, 1.165) is 44.6 Å². The summed E-state index contributed by atoms with van der Waals surface area (Å²) in [4.78, 5) is 60.8. The second-order valence-electron chi connectivity index (χ2n) is 12.3. The van der Waals surface area contributed by atoms with Gasteiger partial charge in [0.05, 0.1) is 25.6 Å². The molecule has 0 aliphatic rings. The number of rotatable bonds is 27. The van der Waals surface area contributed by atoms with Crippen molar-refractivity contribution in [2.24, 2.45) is 11.8 Å². The van der Waals surface area contributed by atoms with Gasteiger partial charge in [0.2, 0.25) is 5.91 Å². The average molecular weight is 666 g/mol. The molecule has 264 valence electrons. The van der Waals surface area contributed by atoms with Gasteiger partial charge in [-0.15, -0.1) is 0 Å². The molecule has 1 aromatic rings.